The molecule has 0 radical (unpaired) electrons. The van der Waals surface area contributed by atoms with E-state index in [2.05, 4.69) is 27.7 Å². The average Bonchev–Trinajstić information content (AvgIpc) is 3.28. The molecule has 0 heterocycles. The third kappa shape index (κ3) is 51.4. The number of rotatable bonds is 53. The van der Waals surface area contributed by atoms with Crippen LogP contribution in [0.5, 0.6) is 0 Å². The number of ether oxygens (including phenoxy) is 3. The van der Waals surface area contributed by atoms with Gasteiger partial charge in [-0.05, 0) is 25.2 Å². The van der Waals surface area contributed by atoms with E-state index >= 15 is 0 Å². The van der Waals surface area contributed by atoms with Gasteiger partial charge in [-0.2, -0.15) is 0 Å². The number of carbonyl (C=O) groups is 3. The van der Waals surface area contributed by atoms with Gasteiger partial charge in [-0.25, -0.2) is 0 Å². The second-order valence-corrected chi connectivity index (χ2v) is 20.4. The van der Waals surface area contributed by atoms with Crippen molar-refractivity contribution in [3.05, 3.63) is 0 Å². The van der Waals surface area contributed by atoms with E-state index in [4.69, 9.17) is 14.2 Å². The number of unbranched alkanes of at least 4 members (excludes halogenated alkanes) is 40. The summed E-state index contributed by atoms with van der Waals surface area (Å²) < 4.78 is 16.9. The van der Waals surface area contributed by atoms with Gasteiger partial charge in [-0.3, -0.25) is 14.4 Å². The predicted molar refractivity (Wildman–Crippen MR) is 275 cm³/mol. The molecule has 0 amide bonds. The first kappa shape index (κ1) is 62.4. The first-order valence-electron chi connectivity index (χ1n) is 28.9. The van der Waals surface area contributed by atoms with Gasteiger partial charge in [0.2, 0.25) is 0 Å². The van der Waals surface area contributed by atoms with Gasteiger partial charge in [-0.1, -0.05) is 291 Å². The Balaban J connectivity index is 4.26. The van der Waals surface area contributed by atoms with Crippen molar-refractivity contribution in [3.8, 4) is 0 Å². The Kier molecular flexibility index (Phi) is 51.1. The Morgan fingerprint density at radius 2 is 0.516 bits per heavy atom. The molecule has 0 aliphatic rings. The van der Waals surface area contributed by atoms with Crippen LogP contribution in [0.25, 0.3) is 0 Å². The number of carbonyl (C=O) groups excluding carboxylic acids is 3. The average molecular weight is 906 g/mol. The van der Waals surface area contributed by atoms with Crippen LogP contribution >= 0.6 is 0 Å². The Morgan fingerprint density at radius 1 is 0.297 bits per heavy atom. The van der Waals surface area contributed by atoms with Crippen molar-refractivity contribution in [2.24, 2.45) is 5.92 Å². The molecular weight excluding hydrogens is 793 g/mol. The number of hydrogen-bond donors (Lipinski definition) is 0. The van der Waals surface area contributed by atoms with E-state index in [1.807, 2.05) is 0 Å². The Hall–Kier alpha value is -1.59. The van der Waals surface area contributed by atoms with Gasteiger partial charge in [-0.15, -0.1) is 0 Å². The minimum absolute atomic E-state index is 0.0621. The summed E-state index contributed by atoms with van der Waals surface area (Å²) in [7, 11) is 0. The van der Waals surface area contributed by atoms with E-state index < -0.39 is 6.10 Å². The third-order valence-electron chi connectivity index (χ3n) is 13.3. The van der Waals surface area contributed by atoms with E-state index in [1.165, 1.54) is 225 Å². The molecule has 0 N–H and O–H groups in total. The maximum absolute atomic E-state index is 12.8. The summed E-state index contributed by atoms with van der Waals surface area (Å²) in [5.74, 6) is -0.0119. The number of hydrogen-bond acceptors (Lipinski definition) is 6. The number of esters is 3. The van der Waals surface area contributed by atoms with Crippen LogP contribution in [0.15, 0.2) is 0 Å². The lowest BCUT2D eigenvalue weighted by molar-refractivity contribution is -0.167. The highest BCUT2D eigenvalue weighted by Crippen LogP contribution is 2.18. The minimum atomic E-state index is -0.762. The lowest BCUT2D eigenvalue weighted by Gasteiger charge is -2.18. The van der Waals surface area contributed by atoms with Crippen molar-refractivity contribution in [3.63, 3.8) is 0 Å². The summed E-state index contributed by atoms with van der Waals surface area (Å²) in [6, 6.07) is 0. The molecule has 64 heavy (non-hydrogen) atoms. The summed E-state index contributed by atoms with van der Waals surface area (Å²) in [6.07, 6.45) is 56.7. The van der Waals surface area contributed by atoms with Gasteiger partial charge in [0.05, 0.1) is 0 Å². The highest BCUT2D eigenvalue weighted by Gasteiger charge is 2.19. The SMILES string of the molecule is CCCCCCCCCCCCCCCCCCCCCC(=O)OC[C@H](COC(=O)CCCCCCCCCCCCCCC)OC(=O)CCCCCCCCCCCCCC(C)C. The van der Waals surface area contributed by atoms with Crippen LogP contribution in [-0.2, 0) is 28.6 Å². The van der Waals surface area contributed by atoms with Gasteiger partial charge in [0.15, 0.2) is 6.10 Å². The molecule has 0 aromatic rings. The summed E-state index contributed by atoms with van der Waals surface area (Å²) in [5.41, 5.74) is 0. The van der Waals surface area contributed by atoms with Gasteiger partial charge >= 0.3 is 17.9 Å². The summed E-state index contributed by atoms with van der Waals surface area (Å²) in [6.45, 7) is 9.05. The maximum atomic E-state index is 12.8. The summed E-state index contributed by atoms with van der Waals surface area (Å²) in [5, 5.41) is 0. The Bertz CT molecular complexity index is 964. The summed E-state index contributed by atoms with van der Waals surface area (Å²) in [4.78, 5) is 38.1. The van der Waals surface area contributed by atoms with Crippen molar-refractivity contribution in [1.82, 2.24) is 0 Å². The molecular formula is C58H112O6. The molecule has 0 aliphatic heterocycles. The molecule has 6 nitrogen and oxygen atoms in total. The van der Waals surface area contributed by atoms with Crippen LogP contribution in [0.1, 0.15) is 329 Å². The van der Waals surface area contributed by atoms with Crippen LogP contribution < -0.4 is 0 Å². The largest absolute Gasteiger partial charge is 0.462 e. The third-order valence-corrected chi connectivity index (χ3v) is 13.3. The molecule has 0 aromatic carbocycles. The lowest BCUT2D eigenvalue weighted by atomic mass is 10.0. The molecule has 6 heteroatoms. The quantitative estimate of drug-likeness (QED) is 0.0344. The molecule has 0 aliphatic carbocycles. The van der Waals surface area contributed by atoms with Crippen molar-refractivity contribution < 1.29 is 28.6 Å². The van der Waals surface area contributed by atoms with Gasteiger partial charge in [0.25, 0.3) is 0 Å². The van der Waals surface area contributed by atoms with E-state index in [1.54, 1.807) is 0 Å². The molecule has 0 spiro atoms. The Morgan fingerprint density at radius 3 is 0.766 bits per heavy atom. The predicted octanol–water partition coefficient (Wildman–Crippen LogP) is 19.0. The van der Waals surface area contributed by atoms with E-state index in [-0.39, 0.29) is 31.1 Å². The van der Waals surface area contributed by atoms with Gasteiger partial charge in [0, 0.05) is 19.3 Å². The zero-order valence-electron chi connectivity index (χ0n) is 43.8. The molecule has 0 saturated carbocycles. The fourth-order valence-electron chi connectivity index (χ4n) is 8.92. The van der Waals surface area contributed by atoms with Crippen LogP contribution in [-0.4, -0.2) is 37.2 Å². The second-order valence-electron chi connectivity index (χ2n) is 20.4. The lowest BCUT2D eigenvalue weighted by Crippen LogP contribution is -2.30. The molecule has 0 saturated heterocycles. The highest BCUT2D eigenvalue weighted by molar-refractivity contribution is 5.71. The molecule has 1 atom stereocenters. The normalized spacial score (nSPS) is 12.0. The molecule has 380 valence electrons. The van der Waals surface area contributed by atoms with Crippen molar-refractivity contribution in [2.75, 3.05) is 13.2 Å². The monoisotopic (exact) mass is 905 g/mol. The summed E-state index contributed by atoms with van der Waals surface area (Å²) >= 11 is 0. The van der Waals surface area contributed by atoms with E-state index in [9.17, 15) is 14.4 Å². The first-order chi connectivity index (χ1) is 31.4. The van der Waals surface area contributed by atoms with Gasteiger partial charge < -0.3 is 14.2 Å². The van der Waals surface area contributed by atoms with Crippen molar-refractivity contribution in [1.29, 1.82) is 0 Å². The van der Waals surface area contributed by atoms with Crippen LogP contribution in [0.3, 0.4) is 0 Å². The zero-order chi connectivity index (χ0) is 46.7. The van der Waals surface area contributed by atoms with Crippen molar-refractivity contribution >= 4 is 17.9 Å². The van der Waals surface area contributed by atoms with Gasteiger partial charge in [0.1, 0.15) is 13.2 Å². The standard InChI is InChI=1S/C58H112O6/c1-5-7-9-11-13-15-17-19-20-21-22-23-24-26-30-34-38-42-46-50-57(60)63-53-55(52-62-56(59)49-45-41-37-33-29-25-18-16-14-12-10-8-6-2)64-58(61)51-47-43-39-35-31-27-28-32-36-40-44-48-54(3)4/h54-55H,5-53H2,1-4H3/t55-/m0/s1. The van der Waals surface area contributed by atoms with Crippen LogP contribution in [0.2, 0.25) is 0 Å². The first-order valence-corrected chi connectivity index (χ1v) is 28.9. The van der Waals surface area contributed by atoms with Crippen molar-refractivity contribution in [2.45, 2.75) is 336 Å². The topological polar surface area (TPSA) is 78.9 Å². The fraction of sp³-hybridized carbons (Fsp3) is 0.948. The fourth-order valence-corrected chi connectivity index (χ4v) is 8.92. The minimum Gasteiger partial charge on any atom is -0.462 e. The van der Waals surface area contributed by atoms with E-state index in [0.29, 0.717) is 19.3 Å². The molecule has 0 aromatic heterocycles. The van der Waals surface area contributed by atoms with Crippen LogP contribution in [0.4, 0.5) is 0 Å². The molecule has 0 rings (SSSR count). The van der Waals surface area contributed by atoms with Crippen LogP contribution in [0, 0.1) is 5.92 Å². The highest BCUT2D eigenvalue weighted by atomic mass is 16.6. The van der Waals surface area contributed by atoms with E-state index in [0.717, 1.165) is 63.7 Å². The molecule has 0 fully saturated rings. The smallest absolute Gasteiger partial charge is 0.306 e. The second kappa shape index (κ2) is 52.4. The maximum Gasteiger partial charge on any atom is 0.306 e. The zero-order valence-corrected chi connectivity index (χ0v) is 43.8. The molecule has 0 bridgehead atoms. The Labute approximate surface area is 399 Å². The molecule has 0 unspecified atom stereocenters.